The number of rotatable bonds is 0. The fourth-order valence-corrected chi connectivity index (χ4v) is 1.88. The lowest BCUT2D eigenvalue weighted by Gasteiger charge is -2.02. The van der Waals surface area contributed by atoms with Crippen molar-refractivity contribution < 1.29 is 0 Å². The van der Waals surface area contributed by atoms with Gasteiger partial charge < -0.3 is 0 Å². The van der Waals surface area contributed by atoms with Crippen LogP contribution < -0.4 is 0 Å². The number of hydrogen-bond acceptors (Lipinski definition) is 1. The molecule has 0 atom stereocenters. The molecule has 1 aromatic heterocycles. The lowest BCUT2D eigenvalue weighted by molar-refractivity contribution is 1.25. The van der Waals surface area contributed by atoms with Crippen molar-refractivity contribution in [3.8, 4) is 0 Å². The maximum Gasteiger partial charge on any atom is 0.0717 e. The second-order valence-electron chi connectivity index (χ2n) is 2.88. The summed E-state index contributed by atoms with van der Waals surface area (Å²) in [4.78, 5) is 4.39. The van der Waals surface area contributed by atoms with E-state index in [1.807, 2.05) is 31.2 Å². The first kappa shape index (κ1) is 8.97. The minimum absolute atomic E-state index is 0.721. The van der Waals surface area contributed by atoms with Gasteiger partial charge in [-0.3, -0.25) is 4.98 Å². The number of aryl methyl sites for hydroxylation is 1. The van der Waals surface area contributed by atoms with Crippen LogP contribution in [0.5, 0.6) is 0 Å². The fourth-order valence-electron chi connectivity index (χ4n) is 1.24. The van der Waals surface area contributed by atoms with Crippen LogP contribution in [0.1, 0.15) is 5.69 Å². The highest BCUT2D eigenvalue weighted by molar-refractivity contribution is 9.10. The summed E-state index contributed by atoms with van der Waals surface area (Å²) in [7, 11) is 0. The predicted molar refractivity (Wildman–Crippen MR) is 59.2 cm³/mol. The first-order chi connectivity index (χ1) is 6.18. The van der Waals surface area contributed by atoms with Crippen LogP contribution in [-0.4, -0.2) is 4.98 Å². The number of benzene rings is 1. The summed E-state index contributed by atoms with van der Waals surface area (Å²) >= 11 is 9.39. The zero-order valence-electron chi connectivity index (χ0n) is 7.01. The molecule has 0 N–H and O–H groups in total. The highest BCUT2D eigenvalue weighted by Crippen LogP contribution is 2.30. The van der Waals surface area contributed by atoms with Crippen molar-refractivity contribution >= 4 is 38.4 Å². The van der Waals surface area contributed by atoms with Crippen LogP contribution in [-0.2, 0) is 0 Å². The van der Waals surface area contributed by atoms with E-state index in [0.717, 1.165) is 26.1 Å². The number of aromatic nitrogens is 1. The van der Waals surface area contributed by atoms with Crippen molar-refractivity contribution in [2.45, 2.75) is 6.92 Å². The standard InChI is InChI=1S/C10H7BrClN/c1-6-2-3-7-9(13-6)5-4-8(12)10(7)11/h2-5H,1H3. The Morgan fingerprint density at radius 2 is 2.00 bits per heavy atom. The Labute approximate surface area is 89.9 Å². The molecular weight excluding hydrogens is 249 g/mol. The summed E-state index contributed by atoms with van der Waals surface area (Å²) in [5, 5.41) is 1.77. The smallest absolute Gasteiger partial charge is 0.0717 e. The summed E-state index contributed by atoms with van der Waals surface area (Å²) in [5.74, 6) is 0. The van der Waals surface area contributed by atoms with Gasteiger partial charge in [0.25, 0.3) is 0 Å². The molecule has 1 nitrogen and oxygen atoms in total. The Balaban J connectivity index is 2.87. The minimum atomic E-state index is 0.721. The second-order valence-corrected chi connectivity index (χ2v) is 4.08. The van der Waals surface area contributed by atoms with Gasteiger partial charge in [-0.15, -0.1) is 0 Å². The summed E-state index contributed by atoms with van der Waals surface area (Å²) in [6.45, 7) is 1.97. The zero-order chi connectivity index (χ0) is 9.42. The topological polar surface area (TPSA) is 12.9 Å². The largest absolute Gasteiger partial charge is 0.253 e. The van der Waals surface area contributed by atoms with Gasteiger partial charge in [0.05, 0.1) is 10.5 Å². The fraction of sp³-hybridized carbons (Fsp3) is 0.100. The van der Waals surface area contributed by atoms with E-state index in [9.17, 15) is 0 Å². The van der Waals surface area contributed by atoms with Gasteiger partial charge in [-0.05, 0) is 47.1 Å². The molecule has 0 unspecified atom stereocenters. The normalized spacial score (nSPS) is 10.7. The molecule has 2 aromatic rings. The van der Waals surface area contributed by atoms with Crippen LogP contribution in [0, 0.1) is 6.92 Å². The second kappa shape index (κ2) is 3.28. The molecule has 2 rings (SSSR count). The summed E-state index contributed by atoms with van der Waals surface area (Å²) in [5.41, 5.74) is 1.98. The third kappa shape index (κ3) is 1.56. The van der Waals surface area contributed by atoms with Gasteiger partial charge in [0.1, 0.15) is 0 Å². The van der Waals surface area contributed by atoms with Gasteiger partial charge in [-0.25, -0.2) is 0 Å². The van der Waals surface area contributed by atoms with Crippen LogP contribution in [0.2, 0.25) is 5.02 Å². The SMILES string of the molecule is Cc1ccc2c(Br)c(Cl)ccc2n1. The number of hydrogen-bond donors (Lipinski definition) is 0. The van der Waals surface area contributed by atoms with Gasteiger partial charge in [-0.2, -0.15) is 0 Å². The van der Waals surface area contributed by atoms with E-state index in [4.69, 9.17) is 11.6 Å². The van der Waals surface area contributed by atoms with E-state index < -0.39 is 0 Å². The molecule has 0 saturated carbocycles. The average Bonchev–Trinajstić information content (AvgIpc) is 2.12. The third-order valence-corrected chi connectivity index (χ3v) is 3.30. The van der Waals surface area contributed by atoms with Gasteiger partial charge in [0.2, 0.25) is 0 Å². The van der Waals surface area contributed by atoms with Crippen molar-refractivity contribution in [1.29, 1.82) is 0 Å². The lowest BCUT2D eigenvalue weighted by atomic mass is 10.2. The van der Waals surface area contributed by atoms with Crippen molar-refractivity contribution in [3.05, 3.63) is 39.5 Å². The van der Waals surface area contributed by atoms with Crippen LogP contribution in [0.3, 0.4) is 0 Å². The van der Waals surface area contributed by atoms with E-state index in [0.29, 0.717) is 0 Å². The highest BCUT2D eigenvalue weighted by Gasteiger charge is 2.03. The van der Waals surface area contributed by atoms with Crippen molar-refractivity contribution in [2.75, 3.05) is 0 Å². The Bertz CT molecular complexity index is 468. The molecule has 0 bridgehead atoms. The quantitative estimate of drug-likeness (QED) is 0.695. The summed E-state index contributed by atoms with van der Waals surface area (Å²) in [6.07, 6.45) is 0. The first-order valence-corrected chi connectivity index (χ1v) is 5.07. The Morgan fingerprint density at radius 1 is 1.23 bits per heavy atom. The van der Waals surface area contributed by atoms with E-state index in [2.05, 4.69) is 20.9 Å². The van der Waals surface area contributed by atoms with Crippen molar-refractivity contribution in [3.63, 3.8) is 0 Å². The Hall–Kier alpha value is -0.600. The van der Waals surface area contributed by atoms with E-state index >= 15 is 0 Å². The van der Waals surface area contributed by atoms with Gasteiger partial charge in [-0.1, -0.05) is 11.6 Å². The number of nitrogens with zero attached hydrogens (tertiary/aromatic N) is 1. The monoisotopic (exact) mass is 255 g/mol. The summed E-state index contributed by atoms with van der Waals surface area (Å²) < 4.78 is 0.916. The van der Waals surface area contributed by atoms with Crippen LogP contribution in [0.25, 0.3) is 10.9 Å². The molecule has 0 radical (unpaired) electrons. The molecule has 0 amide bonds. The van der Waals surface area contributed by atoms with Crippen molar-refractivity contribution in [1.82, 2.24) is 4.98 Å². The molecule has 3 heteroatoms. The van der Waals surface area contributed by atoms with Crippen molar-refractivity contribution in [2.24, 2.45) is 0 Å². The molecule has 0 aliphatic carbocycles. The molecule has 0 spiro atoms. The van der Waals surface area contributed by atoms with E-state index in [-0.39, 0.29) is 0 Å². The van der Waals surface area contributed by atoms with Gasteiger partial charge in [0, 0.05) is 15.6 Å². The van der Waals surface area contributed by atoms with E-state index in [1.54, 1.807) is 0 Å². The number of pyridine rings is 1. The van der Waals surface area contributed by atoms with Gasteiger partial charge >= 0.3 is 0 Å². The Morgan fingerprint density at radius 3 is 2.77 bits per heavy atom. The highest BCUT2D eigenvalue weighted by atomic mass is 79.9. The maximum atomic E-state index is 5.95. The maximum absolute atomic E-state index is 5.95. The lowest BCUT2D eigenvalue weighted by Crippen LogP contribution is -1.83. The molecule has 0 aliphatic heterocycles. The average molecular weight is 257 g/mol. The Kier molecular flexibility index (Phi) is 2.26. The van der Waals surface area contributed by atoms with Crippen LogP contribution in [0.4, 0.5) is 0 Å². The minimum Gasteiger partial charge on any atom is -0.253 e. The zero-order valence-corrected chi connectivity index (χ0v) is 9.35. The number of halogens is 2. The molecule has 0 aliphatic rings. The first-order valence-electron chi connectivity index (χ1n) is 3.90. The molecule has 66 valence electrons. The van der Waals surface area contributed by atoms with E-state index in [1.165, 1.54) is 0 Å². The van der Waals surface area contributed by atoms with Crippen LogP contribution in [0.15, 0.2) is 28.7 Å². The molecule has 1 aromatic carbocycles. The van der Waals surface area contributed by atoms with Crippen LogP contribution >= 0.6 is 27.5 Å². The molecule has 1 heterocycles. The summed E-state index contributed by atoms with van der Waals surface area (Å²) in [6, 6.07) is 7.77. The third-order valence-electron chi connectivity index (χ3n) is 1.90. The molecule has 13 heavy (non-hydrogen) atoms. The molecular formula is C10H7BrClN. The predicted octanol–water partition coefficient (Wildman–Crippen LogP) is 3.96. The van der Waals surface area contributed by atoms with Gasteiger partial charge in [0.15, 0.2) is 0 Å². The number of fused-ring (bicyclic) bond motifs is 1. The molecule has 0 fully saturated rings. The molecule has 0 saturated heterocycles.